The number of hydrogen-bond donors (Lipinski definition) is 1. The van der Waals surface area contributed by atoms with Crippen LogP contribution in [-0.2, 0) is 24.3 Å². The lowest BCUT2D eigenvalue weighted by Gasteiger charge is -2.35. The fourth-order valence-corrected chi connectivity index (χ4v) is 5.33. The maximum absolute atomic E-state index is 12.9. The summed E-state index contributed by atoms with van der Waals surface area (Å²) >= 11 is 1.48. The van der Waals surface area contributed by atoms with Crippen LogP contribution in [0.2, 0.25) is 0 Å². The van der Waals surface area contributed by atoms with Gasteiger partial charge in [0.05, 0.1) is 6.42 Å². The van der Waals surface area contributed by atoms with E-state index in [2.05, 4.69) is 57.3 Å². The Kier molecular flexibility index (Phi) is 7.34. The highest BCUT2D eigenvalue weighted by Gasteiger charge is 2.22. The highest BCUT2D eigenvalue weighted by atomic mass is 32.2. The number of carbonyl (C=O) groups excluding carboxylic acids is 1. The smallest absolute Gasteiger partial charge is 0.253 e. The summed E-state index contributed by atoms with van der Waals surface area (Å²) in [6, 6.07) is 8.44. The summed E-state index contributed by atoms with van der Waals surface area (Å²) in [4.78, 5) is 24.4. The minimum atomic E-state index is -0.0115. The van der Waals surface area contributed by atoms with Gasteiger partial charge in [0.15, 0.2) is 0 Å². The van der Waals surface area contributed by atoms with Crippen LogP contribution in [0, 0.1) is 25.7 Å². The molecule has 2 aromatic heterocycles. The molecule has 1 aliphatic heterocycles. The van der Waals surface area contributed by atoms with Crippen LogP contribution in [0.25, 0.3) is 5.78 Å². The van der Waals surface area contributed by atoms with E-state index in [1.807, 2.05) is 26.2 Å². The van der Waals surface area contributed by atoms with Gasteiger partial charge < -0.3 is 5.32 Å². The highest BCUT2D eigenvalue weighted by Crippen LogP contribution is 2.23. The van der Waals surface area contributed by atoms with E-state index in [1.165, 1.54) is 29.3 Å². The summed E-state index contributed by atoms with van der Waals surface area (Å²) in [5, 5.41) is 8.29. The molecular formula is C25H34N6OS. The molecule has 0 spiro atoms. The number of aryl methyl sites for hydroxylation is 2. The molecule has 2 unspecified atom stereocenters. The molecule has 0 bridgehead atoms. The zero-order valence-electron chi connectivity index (χ0n) is 20.3. The van der Waals surface area contributed by atoms with E-state index in [-0.39, 0.29) is 12.3 Å². The van der Waals surface area contributed by atoms with Crippen LogP contribution >= 0.6 is 11.8 Å². The Morgan fingerprint density at radius 2 is 1.82 bits per heavy atom. The third-order valence-corrected chi connectivity index (χ3v) is 7.02. The monoisotopic (exact) mass is 466 g/mol. The topological polar surface area (TPSA) is 75.4 Å². The number of fused-ring (bicyclic) bond motifs is 1. The van der Waals surface area contributed by atoms with Gasteiger partial charge in [-0.15, -0.1) is 5.10 Å². The van der Waals surface area contributed by atoms with Crippen LogP contribution in [0.4, 0.5) is 0 Å². The number of thioether (sulfide) groups is 1. The number of likely N-dealkylation sites (tertiary alicyclic amines) is 1. The third kappa shape index (κ3) is 5.55. The van der Waals surface area contributed by atoms with Crippen molar-refractivity contribution in [3.63, 3.8) is 0 Å². The second-order valence-electron chi connectivity index (χ2n) is 9.43. The highest BCUT2D eigenvalue weighted by molar-refractivity contribution is 7.98. The molecule has 1 fully saturated rings. The number of hydrogen-bond acceptors (Lipinski definition) is 6. The van der Waals surface area contributed by atoms with Crippen molar-refractivity contribution in [3.05, 3.63) is 52.3 Å². The van der Waals surface area contributed by atoms with E-state index >= 15 is 0 Å². The first-order valence-corrected chi connectivity index (χ1v) is 12.9. The fraction of sp³-hybridized carbons (Fsp3) is 0.520. The Hall–Kier alpha value is -2.45. The normalized spacial score (nSPS) is 19.2. The van der Waals surface area contributed by atoms with Gasteiger partial charge in [0.25, 0.3) is 5.78 Å². The van der Waals surface area contributed by atoms with E-state index in [4.69, 9.17) is 0 Å². The lowest BCUT2D eigenvalue weighted by Crippen LogP contribution is -2.38. The Morgan fingerprint density at radius 1 is 1.12 bits per heavy atom. The number of carbonyl (C=O) groups is 1. The summed E-state index contributed by atoms with van der Waals surface area (Å²) in [5.41, 5.74) is 5.11. The first-order valence-electron chi connectivity index (χ1n) is 11.7. The summed E-state index contributed by atoms with van der Waals surface area (Å²) in [7, 11) is 0. The zero-order valence-corrected chi connectivity index (χ0v) is 21.1. The van der Waals surface area contributed by atoms with Crippen molar-refractivity contribution >= 4 is 23.4 Å². The molecule has 3 aromatic rings. The molecule has 33 heavy (non-hydrogen) atoms. The van der Waals surface area contributed by atoms with Gasteiger partial charge in [0, 0.05) is 43.1 Å². The first-order chi connectivity index (χ1) is 15.8. The van der Waals surface area contributed by atoms with Gasteiger partial charge in [0.1, 0.15) is 0 Å². The molecule has 1 aliphatic rings. The van der Waals surface area contributed by atoms with Crippen molar-refractivity contribution in [1.29, 1.82) is 0 Å². The fourth-order valence-electron chi connectivity index (χ4n) is 5.00. The average molecular weight is 467 g/mol. The van der Waals surface area contributed by atoms with E-state index in [0.29, 0.717) is 17.5 Å². The van der Waals surface area contributed by atoms with Crippen molar-refractivity contribution in [2.75, 3.05) is 19.3 Å². The van der Waals surface area contributed by atoms with Crippen LogP contribution in [0.15, 0.2) is 29.4 Å². The second kappa shape index (κ2) is 10.2. The minimum absolute atomic E-state index is 0.0115. The SMILES string of the molecule is CSc1nc2nc(C)c(CC(=O)NCc3ccccc3CN3CC(C)CC(C)C3)c(C)n2n1. The number of aromatic nitrogens is 4. The molecule has 3 heterocycles. The molecule has 8 heteroatoms. The predicted molar refractivity (Wildman–Crippen MR) is 132 cm³/mol. The van der Waals surface area contributed by atoms with Gasteiger partial charge in [-0.3, -0.25) is 9.69 Å². The second-order valence-corrected chi connectivity index (χ2v) is 10.2. The summed E-state index contributed by atoms with van der Waals surface area (Å²) in [5.74, 6) is 2.03. The van der Waals surface area contributed by atoms with Gasteiger partial charge in [0.2, 0.25) is 11.1 Å². The van der Waals surface area contributed by atoms with E-state index in [1.54, 1.807) is 4.52 Å². The Labute approximate surface area is 200 Å². The number of nitrogens with one attached hydrogen (secondary N) is 1. The maximum atomic E-state index is 12.9. The Bertz CT molecular complexity index is 1130. The number of rotatable bonds is 7. The predicted octanol–water partition coefficient (Wildman–Crippen LogP) is 3.80. The van der Waals surface area contributed by atoms with Gasteiger partial charge in [-0.1, -0.05) is 49.9 Å². The van der Waals surface area contributed by atoms with Crippen molar-refractivity contribution in [1.82, 2.24) is 29.8 Å². The third-order valence-electron chi connectivity index (χ3n) is 6.48. The molecule has 1 amide bonds. The molecule has 0 aliphatic carbocycles. The van der Waals surface area contributed by atoms with Gasteiger partial charge in [-0.05, 0) is 49.5 Å². The average Bonchev–Trinajstić information content (AvgIpc) is 3.18. The lowest BCUT2D eigenvalue weighted by atomic mass is 9.91. The van der Waals surface area contributed by atoms with E-state index in [0.717, 1.165) is 48.4 Å². The maximum Gasteiger partial charge on any atom is 0.253 e. The van der Waals surface area contributed by atoms with Crippen LogP contribution in [0.5, 0.6) is 0 Å². The van der Waals surface area contributed by atoms with Crippen molar-refractivity contribution < 1.29 is 4.79 Å². The van der Waals surface area contributed by atoms with Crippen molar-refractivity contribution in [2.24, 2.45) is 11.8 Å². The Morgan fingerprint density at radius 3 is 2.52 bits per heavy atom. The molecule has 1 aromatic carbocycles. The standard InChI is InChI=1S/C25H34N6OS/c1-16-10-17(2)14-30(13-16)15-21-9-7-6-8-20(21)12-26-23(32)11-22-18(3)27-24-28-25(33-5)29-31(24)19(22)4/h6-9,16-17H,10-15H2,1-5H3,(H,26,32). The molecule has 176 valence electrons. The van der Waals surface area contributed by atoms with Crippen LogP contribution in [-0.4, -0.2) is 49.7 Å². The van der Waals surface area contributed by atoms with Crippen LogP contribution in [0.3, 0.4) is 0 Å². The van der Waals surface area contributed by atoms with Gasteiger partial charge >= 0.3 is 0 Å². The molecule has 0 radical (unpaired) electrons. The summed E-state index contributed by atoms with van der Waals surface area (Å²) in [6.45, 7) is 12.3. The number of nitrogens with zero attached hydrogens (tertiary/aromatic N) is 5. The lowest BCUT2D eigenvalue weighted by molar-refractivity contribution is -0.120. The minimum Gasteiger partial charge on any atom is -0.352 e. The molecule has 1 N–H and O–H groups in total. The molecule has 4 rings (SSSR count). The number of piperidine rings is 1. The molecular weight excluding hydrogens is 432 g/mol. The van der Waals surface area contributed by atoms with E-state index < -0.39 is 0 Å². The summed E-state index contributed by atoms with van der Waals surface area (Å²) in [6.07, 6.45) is 3.52. The zero-order chi connectivity index (χ0) is 23.5. The number of amides is 1. The van der Waals surface area contributed by atoms with Crippen molar-refractivity contribution in [2.45, 2.75) is 58.8 Å². The molecule has 0 saturated carbocycles. The quantitative estimate of drug-likeness (QED) is 0.534. The van der Waals surface area contributed by atoms with Gasteiger partial charge in [-0.25, -0.2) is 9.50 Å². The number of benzene rings is 1. The van der Waals surface area contributed by atoms with Crippen LogP contribution < -0.4 is 5.32 Å². The molecule has 7 nitrogen and oxygen atoms in total. The molecule has 1 saturated heterocycles. The van der Waals surface area contributed by atoms with Gasteiger partial charge in [-0.2, -0.15) is 4.98 Å². The van der Waals surface area contributed by atoms with Crippen LogP contribution in [0.1, 0.15) is 48.3 Å². The van der Waals surface area contributed by atoms with Crippen molar-refractivity contribution in [3.8, 4) is 0 Å². The van der Waals surface area contributed by atoms with E-state index in [9.17, 15) is 4.79 Å². The largest absolute Gasteiger partial charge is 0.352 e. The summed E-state index contributed by atoms with van der Waals surface area (Å²) < 4.78 is 1.73. The molecule has 2 atom stereocenters. The Balaban J connectivity index is 1.43. The first kappa shape index (κ1) is 23.7.